The average molecular weight is 255 g/mol. The number of hydrogen-bond acceptors (Lipinski definition) is 2. The Morgan fingerprint density at radius 1 is 1.05 bits per heavy atom. The van der Waals surface area contributed by atoms with Crippen LogP contribution in [-0.4, -0.2) is 18.2 Å². The van der Waals surface area contributed by atoms with Crippen molar-refractivity contribution < 1.29 is 5.11 Å². The van der Waals surface area contributed by atoms with Crippen LogP contribution >= 0.6 is 0 Å². The number of hydrogen-bond donors (Lipinski definition) is 2. The van der Waals surface area contributed by atoms with E-state index in [4.69, 9.17) is 0 Å². The summed E-state index contributed by atoms with van der Waals surface area (Å²) >= 11 is 0. The monoisotopic (exact) mass is 255 g/mol. The van der Waals surface area contributed by atoms with Crippen LogP contribution in [0.5, 0.6) is 5.75 Å². The molecule has 0 heterocycles. The lowest BCUT2D eigenvalue weighted by molar-refractivity contribution is 0.475. The molecule has 2 N–H and O–H groups in total. The topological polar surface area (TPSA) is 32.3 Å². The van der Waals surface area contributed by atoms with E-state index in [1.54, 1.807) is 12.1 Å². The molecule has 2 aromatic rings. The molecule has 2 rings (SSSR count). The fraction of sp³-hybridized carbons (Fsp3) is 0.294. The van der Waals surface area contributed by atoms with Gasteiger partial charge in [0.05, 0.1) is 0 Å². The lowest BCUT2D eigenvalue weighted by Gasteiger charge is -2.10. The summed E-state index contributed by atoms with van der Waals surface area (Å²) in [6, 6.07) is 16.5. The smallest absolute Gasteiger partial charge is 0.115 e. The minimum Gasteiger partial charge on any atom is -0.508 e. The quantitative estimate of drug-likeness (QED) is 0.855. The number of phenols is 1. The Labute approximate surface area is 115 Å². The highest BCUT2D eigenvalue weighted by molar-refractivity contribution is 5.64. The van der Waals surface area contributed by atoms with Crippen LogP contribution in [0.4, 0.5) is 0 Å². The molecule has 19 heavy (non-hydrogen) atoms. The number of nitrogens with one attached hydrogen (secondary N) is 1. The highest BCUT2D eigenvalue weighted by Crippen LogP contribution is 2.23. The molecule has 2 heteroatoms. The van der Waals surface area contributed by atoms with Crippen molar-refractivity contribution in [1.29, 1.82) is 0 Å². The number of rotatable bonds is 5. The van der Waals surface area contributed by atoms with Gasteiger partial charge in [0.15, 0.2) is 0 Å². The van der Waals surface area contributed by atoms with E-state index in [1.165, 1.54) is 11.1 Å². The first kappa shape index (κ1) is 13.6. The summed E-state index contributed by atoms with van der Waals surface area (Å²) < 4.78 is 0. The summed E-state index contributed by atoms with van der Waals surface area (Å²) in [5.41, 5.74) is 3.70. The van der Waals surface area contributed by atoms with Crippen LogP contribution in [-0.2, 0) is 6.42 Å². The van der Waals surface area contributed by atoms with Crippen molar-refractivity contribution in [3.8, 4) is 16.9 Å². The third-order valence-electron chi connectivity index (χ3n) is 3.49. The van der Waals surface area contributed by atoms with Crippen LogP contribution in [0.1, 0.15) is 18.9 Å². The maximum atomic E-state index is 9.32. The summed E-state index contributed by atoms with van der Waals surface area (Å²) in [6.45, 7) is 2.20. The van der Waals surface area contributed by atoms with E-state index >= 15 is 0 Å². The fourth-order valence-electron chi connectivity index (χ4n) is 2.09. The van der Waals surface area contributed by atoms with Crippen molar-refractivity contribution in [3.05, 3.63) is 54.1 Å². The van der Waals surface area contributed by atoms with Gasteiger partial charge in [-0.2, -0.15) is 0 Å². The molecule has 0 saturated carbocycles. The zero-order valence-electron chi connectivity index (χ0n) is 11.6. The van der Waals surface area contributed by atoms with Gasteiger partial charge in [-0.05, 0) is 55.6 Å². The molecule has 0 aliphatic heterocycles. The zero-order valence-corrected chi connectivity index (χ0v) is 11.6. The molecule has 1 unspecified atom stereocenters. The molecule has 0 aromatic heterocycles. The van der Waals surface area contributed by atoms with Crippen LogP contribution in [0.3, 0.4) is 0 Å². The van der Waals surface area contributed by atoms with Crippen molar-refractivity contribution >= 4 is 0 Å². The van der Waals surface area contributed by atoms with Crippen LogP contribution in [0.15, 0.2) is 48.5 Å². The van der Waals surface area contributed by atoms with Crippen LogP contribution in [0, 0.1) is 0 Å². The van der Waals surface area contributed by atoms with Gasteiger partial charge in [0.25, 0.3) is 0 Å². The van der Waals surface area contributed by atoms with Crippen molar-refractivity contribution in [2.75, 3.05) is 7.05 Å². The molecule has 0 aliphatic carbocycles. The number of aromatic hydroxyl groups is 1. The van der Waals surface area contributed by atoms with E-state index in [-0.39, 0.29) is 0 Å². The molecule has 0 bridgehead atoms. The van der Waals surface area contributed by atoms with Crippen LogP contribution in [0.2, 0.25) is 0 Å². The minimum absolute atomic E-state index is 0.308. The Morgan fingerprint density at radius 3 is 2.47 bits per heavy atom. The van der Waals surface area contributed by atoms with Gasteiger partial charge >= 0.3 is 0 Å². The van der Waals surface area contributed by atoms with Gasteiger partial charge in [-0.3, -0.25) is 0 Å². The molecule has 1 atom stereocenters. The van der Waals surface area contributed by atoms with Gasteiger partial charge in [-0.1, -0.05) is 36.4 Å². The first-order valence-electron chi connectivity index (χ1n) is 6.74. The third-order valence-corrected chi connectivity index (χ3v) is 3.49. The molecule has 0 amide bonds. The van der Waals surface area contributed by atoms with Crippen molar-refractivity contribution in [3.63, 3.8) is 0 Å². The standard InChI is InChI=1S/C17H21NO/c1-13(18-2)6-7-14-4-3-5-16(12-14)15-8-10-17(19)11-9-15/h3-5,8-13,18-19H,6-7H2,1-2H3. The Balaban J connectivity index is 2.12. The summed E-state index contributed by atoms with van der Waals surface area (Å²) in [5.74, 6) is 0.308. The molecule has 0 saturated heterocycles. The maximum Gasteiger partial charge on any atom is 0.115 e. The molecule has 0 fully saturated rings. The molecule has 2 nitrogen and oxygen atoms in total. The van der Waals surface area contributed by atoms with Crippen LogP contribution in [0.25, 0.3) is 11.1 Å². The van der Waals surface area contributed by atoms with E-state index in [1.807, 2.05) is 19.2 Å². The largest absolute Gasteiger partial charge is 0.508 e. The normalized spacial score (nSPS) is 12.3. The van der Waals surface area contributed by atoms with E-state index in [0.717, 1.165) is 18.4 Å². The second-order valence-electron chi connectivity index (χ2n) is 4.98. The van der Waals surface area contributed by atoms with Gasteiger partial charge in [-0.15, -0.1) is 0 Å². The van der Waals surface area contributed by atoms with Gasteiger partial charge < -0.3 is 10.4 Å². The zero-order chi connectivity index (χ0) is 13.7. The van der Waals surface area contributed by atoms with Gasteiger partial charge in [-0.25, -0.2) is 0 Å². The Bertz CT molecular complexity index is 519. The SMILES string of the molecule is CNC(C)CCc1cccc(-c2ccc(O)cc2)c1. The van der Waals surface area contributed by atoms with Gasteiger partial charge in [0.2, 0.25) is 0 Å². The first-order valence-corrected chi connectivity index (χ1v) is 6.74. The Hall–Kier alpha value is -1.80. The predicted octanol–water partition coefficient (Wildman–Crippen LogP) is 3.60. The maximum absolute atomic E-state index is 9.32. The van der Waals surface area contributed by atoms with E-state index < -0.39 is 0 Å². The molecular weight excluding hydrogens is 234 g/mol. The lowest BCUT2D eigenvalue weighted by Crippen LogP contribution is -2.21. The first-order chi connectivity index (χ1) is 9.19. The Kier molecular flexibility index (Phi) is 4.58. The Morgan fingerprint density at radius 2 is 1.79 bits per heavy atom. The van der Waals surface area contributed by atoms with E-state index in [9.17, 15) is 5.11 Å². The number of aryl methyl sites for hydroxylation is 1. The summed E-state index contributed by atoms with van der Waals surface area (Å²) in [7, 11) is 2.00. The van der Waals surface area contributed by atoms with Crippen LogP contribution < -0.4 is 5.32 Å². The fourth-order valence-corrected chi connectivity index (χ4v) is 2.09. The van der Waals surface area contributed by atoms with Crippen molar-refractivity contribution in [2.45, 2.75) is 25.8 Å². The summed E-state index contributed by atoms with van der Waals surface area (Å²) in [5, 5.41) is 12.6. The van der Waals surface area contributed by atoms with Gasteiger partial charge in [0, 0.05) is 6.04 Å². The summed E-state index contributed by atoms with van der Waals surface area (Å²) in [4.78, 5) is 0. The molecule has 0 spiro atoms. The highest BCUT2D eigenvalue weighted by atomic mass is 16.3. The van der Waals surface area contributed by atoms with E-state index in [2.05, 4.69) is 36.5 Å². The van der Waals surface area contributed by atoms with Gasteiger partial charge in [0.1, 0.15) is 5.75 Å². The molecule has 0 radical (unpaired) electrons. The average Bonchev–Trinajstić information content (AvgIpc) is 2.46. The minimum atomic E-state index is 0.308. The second kappa shape index (κ2) is 6.39. The molecular formula is C17H21NO. The summed E-state index contributed by atoms with van der Waals surface area (Å²) in [6.07, 6.45) is 2.21. The number of benzene rings is 2. The predicted molar refractivity (Wildman–Crippen MR) is 80.4 cm³/mol. The molecule has 2 aromatic carbocycles. The van der Waals surface area contributed by atoms with Crippen molar-refractivity contribution in [1.82, 2.24) is 5.32 Å². The molecule has 100 valence electrons. The third kappa shape index (κ3) is 3.83. The van der Waals surface area contributed by atoms with E-state index in [0.29, 0.717) is 11.8 Å². The molecule has 0 aliphatic rings. The van der Waals surface area contributed by atoms with Crippen molar-refractivity contribution in [2.24, 2.45) is 0 Å². The number of phenolic OH excluding ortho intramolecular Hbond substituents is 1. The lowest BCUT2D eigenvalue weighted by atomic mass is 10.00. The highest BCUT2D eigenvalue weighted by Gasteiger charge is 2.02. The second-order valence-corrected chi connectivity index (χ2v) is 4.98.